The van der Waals surface area contributed by atoms with E-state index in [0.717, 1.165) is 24.8 Å². The summed E-state index contributed by atoms with van der Waals surface area (Å²) >= 11 is 0. The molecular weight excluding hydrogens is 229 g/mol. The van der Waals surface area contributed by atoms with Crippen molar-refractivity contribution in [3.63, 3.8) is 0 Å². The number of rotatable bonds is 5. The predicted octanol–water partition coefficient (Wildman–Crippen LogP) is 2.81. The minimum absolute atomic E-state index is 0.176. The number of halogens is 1. The summed E-state index contributed by atoms with van der Waals surface area (Å²) in [6.45, 7) is 4.71. The Bertz CT molecular complexity index is 407. The molecular formula is C15H22FNO. The van der Waals surface area contributed by atoms with Gasteiger partial charge in [-0.2, -0.15) is 0 Å². The zero-order chi connectivity index (χ0) is 13.1. The molecule has 1 aromatic carbocycles. The monoisotopic (exact) mass is 251 g/mol. The van der Waals surface area contributed by atoms with Crippen LogP contribution in [0.15, 0.2) is 18.2 Å². The van der Waals surface area contributed by atoms with Crippen LogP contribution in [0.5, 0.6) is 0 Å². The number of nitrogens with one attached hydrogen (secondary N) is 1. The van der Waals surface area contributed by atoms with E-state index in [1.165, 1.54) is 11.6 Å². The van der Waals surface area contributed by atoms with Gasteiger partial charge in [0.05, 0.1) is 6.10 Å². The second kappa shape index (κ2) is 5.81. The Kier molecular flexibility index (Phi) is 4.36. The van der Waals surface area contributed by atoms with Gasteiger partial charge in [0.25, 0.3) is 0 Å². The molecule has 0 fully saturated rings. The fraction of sp³-hybridized carbons (Fsp3) is 0.600. The van der Waals surface area contributed by atoms with Crippen molar-refractivity contribution in [3.8, 4) is 0 Å². The highest BCUT2D eigenvalue weighted by molar-refractivity contribution is 5.34. The molecule has 0 amide bonds. The maximum atomic E-state index is 13.2. The fourth-order valence-corrected chi connectivity index (χ4v) is 2.52. The third-order valence-corrected chi connectivity index (χ3v) is 4.06. The molecule has 3 heteroatoms. The van der Waals surface area contributed by atoms with E-state index in [1.54, 1.807) is 6.07 Å². The lowest BCUT2D eigenvalue weighted by Gasteiger charge is -2.21. The molecule has 0 heterocycles. The van der Waals surface area contributed by atoms with Crippen molar-refractivity contribution in [3.05, 3.63) is 35.1 Å². The topological polar surface area (TPSA) is 32.3 Å². The van der Waals surface area contributed by atoms with Crippen molar-refractivity contribution in [2.24, 2.45) is 5.92 Å². The average Bonchev–Trinajstić information content (AvgIpc) is 2.77. The molecule has 0 saturated heterocycles. The van der Waals surface area contributed by atoms with Crippen molar-refractivity contribution in [1.82, 2.24) is 5.32 Å². The first-order valence-electron chi connectivity index (χ1n) is 6.81. The van der Waals surface area contributed by atoms with Gasteiger partial charge >= 0.3 is 0 Å². The van der Waals surface area contributed by atoms with Gasteiger partial charge in [0.15, 0.2) is 0 Å². The van der Waals surface area contributed by atoms with Gasteiger partial charge in [0, 0.05) is 12.6 Å². The van der Waals surface area contributed by atoms with Crippen LogP contribution in [0.1, 0.15) is 43.9 Å². The van der Waals surface area contributed by atoms with E-state index in [-0.39, 0.29) is 18.0 Å². The standard InChI is InChI=1S/C15H22FNO/c1-3-10(2)15(18)9-17-14-7-5-11-4-6-12(16)8-13(11)14/h4,6,8,10,14-15,17-18H,3,5,7,9H2,1-2H3. The van der Waals surface area contributed by atoms with E-state index in [1.807, 2.05) is 6.07 Å². The number of hydrogen-bond acceptors (Lipinski definition) is 2. The van der Waals surface area contributed by atoms with Crippen LogP contribution in [0, 0.1) is 11.7 Å². The summed E-state index contributed by atoms with van der Waals surface area (Å²) in [6, 6.07) is 5.21. The van der Waals surface area contributed by atoms with E-state index in [4.69, 9.17) is 0 Å². The third-order valence-electron chi connectivity index (χ3n) is 4.06. The van der Waals surface area contributed by atoms with Crippen molar-refractivity contribution >= 4 is 0 Å². The second-order valence-electron chi connectivity index (χ2n) is 5.30. The van der Waals surface area contributed by atoms with Crippen molar-refractivity contribution in [1.29, 1.82) is 0 Å². The number of hydrogen-bond donors (Lipinski definition) is 2. The molecule has 0 spiro atoms. The normalized spacial score (nSPS) is 21.7. The molecule has 3 unspecified atom stereocenters. The Hall–Kier alpha value is -0.930. The summed E-state index contributed by atoms with van der Waals surface area (Å²) in [4.78, 5) is 0. The molecule has 2 rings (SSSR count). The number of aliphatic hydroxyl groups excluding tert-OH is 1. The molecule has 0 bridgehead atoms. The highest BCUT2D eigenvalue weighted by Crippen LogP contribution is 2.31. The number of aryl methyl sites for hydroxylation is 1. The van der Waals surface area contributed by atoms with Gasteiger partial charge in [-0.05, 0) is 42.0 Å². The molecule has 0 aliphatic heterocycles. The van der Waals surface area contributed by atoms with Gasteiger partial charge in [0.1, 0.15) is 5.82 Å². The van der Waals surface area contributed by atoms with E-state index < -0.39 is 0 Å². The summed E-state index contributed by atoms with van der Waals surface area (Å²) in [6.07, 6.45) is 2.63. The zero-order valence-electron chi connectivity index (χ0n) is 11.1. The highest BCUT2D eigenvalue weighted by atomic mass is 19.1. The molecule has 0 radical (unpaired) electrons. The van der Waals surface area contributed by atoms with Crippen LogP contribution in [-0.4, -0.2) is 17.8 Å². The summed E-state index contributed by atoms with van der Waals surface area (Å²) in [5, 5.41) is 13.3. The Morgan fingerprint density at radius 2 is 2.28 bits per heavy atom. The molecule has 1 aromatic rings. The Morgan fingerprint density at radius 3 is 3.00 bits per heavy atom. The minimum atomic E-state index is -0.326. The van der Waals surface area contributed by atoms with Crippen LogP contribution in [0.25, 0.3) is 0 Å². The molecule has 2 N–H and O–H groups in total. The molecule has 1 aliphatic rings. The van der Waals surface area contributed by atoms with Crippen LogP contribution >= 0.6 is 0 Å². The first kappa shape index (κ1) is 13.5. The van der Waals surface area contributed by atoms with Gasteiger partial charge in [-0.25, -0.2) is 4.39 Å². The minimum Gasteiger partial charge on any atom is -0.392 e. The SMILES string of the molecule is CCC(C)C(O)CNC1CCc2ccc(F)cc21. The van der Waals surface area contributed by atoms with Crippen LogP contribution < -0.4 is 5.32 Å². The van der Waals surface area contributed by atoms with Crippen LogP contribution in [0.3, 0.4) is 0 Å². The van der Waals surface area contributed by atoms with Gasteiger partial charge in [-0.1, -0.05) is 26.3 Å². The molecule has 100 valence electrons. The van der Waals surface area contributed by atoms with Gasteiger partial charge in [-0.15, -0.1) is 0 Å². The zero-order valence-corrected chi connectivity index (χ0v) is 11.1. The fourth-order valence-electron chi connectivity index (χ4n) is 2.52. The van der Waals surface area contributed by atoms with Crippen LogP contribution in [0.2, 0.25) is 0 Å². The smallest absolute Gasteiger partial charge is 0.123 e. The van der Waals surface area contributed by atoms with Crippen molar-refractivity contribution in [2.45, 2.75) is 45.3 Å². The van der Waals surface area contributed by atoms with Crippen molar-refractivity contribution in [2.75, 3.05) is 6.54 Å². The number of aliphatic hydroxyl groups is 1. The largest absolute Gasteiger partial charge is 0.392 e. The molecule has 0 saturated carbocycles. The lowest BCUT2D eigenvalue weighted by molar-refractivity contribution is 0.109. The molecule has 0 aromatic heterocycles. The molecule has 2 nitrogen and oxygen atoms in total. The summed E-state index contributed by atoms with van der Waals surface area (Å²) in [5.41, 5.74) is 2.29. The first-order chi connectivity index (χ1) is 8.61. The highest BCUT2D eigenvalue weighted by Gasteiger charge is 2.23. The maximum Gasteiger partial charge on any atom is 0.123 e. The van der Waals surface area contributed by atoms with E-state index in [0.29, 0.717) is 12.5 Å². The molecule has 18 heavy (non-hydrogen) atoms. The van der Waals surface area contributed by atoms with Gasteiger partial charge in [0.2, 0.25) is 0 Å². The Morgan fingerprint density at radius 1 is 1.50 bits per heavy atom. The second-order valence-corrected chi connectivity index (χ2v) is 5.30. The quantitative estimate of drug-likeness (QED) is 0.843. The molecule has 3 atom stereocenters. The molecule has 1 aliphatic carbocycles. The first-order valence-corrected chi connectivity index (χ1v) is 6.81. The van der Waals surface area contributed by atoms with Crippen molar-refractivity contribution < 1.29 is 9.50 Å². The van der Waals surface area contributed by atoms with Crippen LogP contribution in [0.4, 0.5) is 4.39 Å². The summed E-state index contributed by atoms with van der Waals surface area (Å²) in [5.74, 6) is 0.121. The van der Waals surface area contributed by atoms with Crippen LogP contribution in [-0.2, 0) is 6.42 Å². The van der Waals surface area contributed by atoms with Gasteiger partial charge in [-0.3, -0.25) is 0 Å². The maximum absolute atomic E-state index is 13.2. The third kappa shape index (κ3) is 2.90. The Labute approximate surface area is 108 Å². The number of benzene rings is 1. The lowest BCUT2D eigenvalue weighted by Crippen LogP contribution is -2.33. The average molecular weight is 251 g/mol. The summed E-state index contributed by atoms with van der Waals surface area (Å²) < 4.78 is 13.2. The number of fused-ring (bicyclic) bond motifs is 1. The lowest BCUT2D eigenvalue weighted by atomic mass is 10.0. The Balaban J connectivity index is 1.95. The van der Waals surface area contributed by atoms with E-state index in [9.17, 15) is 9.50 Å². The van der Waals surface area contributed by atoms with E-state index >= 15 is 0 Å². The summed E-state index contributed by atoms with van der Waals surface area (Å²) in [7, 11) is 0. The van der Waals surface area contributed by atoms with E-state index in [2.05, 4.69) is 19.2 Å². The van der Waals surface area contributed by atoms with Gasteiger partial charge < -0.3 is 10.4 Å². The predicted molar refractivity (Wildman–Crippen MR) is 70.9 cm³/mol.